The smallest absolute Gasteiger partial charge is 0.0172 e. The van der Waals surface area contributed by atoms with Crippen LogP contribution in [0.4, 0.5) is 0 Å². The van der Waals surface area contributed by atoms with Crippen LogP contribution in [0.25, 0.3) is 0 Å². The van der Waals surface area contributed by atoms with Crippen LogP contribution in [0.3, 0.4) is 0 Å². The van der Waals surface area contributed by atoms with E-state index >= 15 is 0 Å². The Balaban J connectivity index is 2.38. The minimum atomic E-state index is 0.120. The monoisotopic (exact) mass is 184 g/mol. The van der Waals surface area contributed by atoms with E-state index < -0.39 is 0 Å². The zero-order chi connectivity index (χ0) is 10.2. The van der Waals surface area contributed by atoms with Crippen molar-refractivity contribution >= 4 is 0 Å². The summed E-state index contributed by atoms with van der Waals surface area (Å²) in [5, 5.41) is 0. The Hall–Kier alpha value is -1.30. The fourth-order valence-electron chi connectivity index (χ4n) is 2.16. The number of hydrogen-bond donors (Lipinski definition) is 0. The average Bonchev–Trinajstić information content (AvgIpc) is 2.57. The van der Waals surface area contributed by atoms with Gasteiger partial charge in [0.05, 0.1) is 0 Å². The standard InChI is InChI=1S/C14H16/c1-11-7-6-9-13(11)14(3)10-5-4-8-12(14)2/h4-10,12H,1H2,2-3H3. The first-order chi connectivity index (χ1) is 6.64. The van der Waals surface area contributed by atoms with Gasteiger partial charge in [-0.05, 0) is 17.1 Å². The first-order valence-electron chi connectivity index (χ1n) is 5.09. The van der Waals surface area contributed by atoms with Gasteiger partial charge in [0.15, 0.2) is 0 Å². The fourth-order valence-corrected chi connectivity index (χ4v) is 2.16. The van der Waals surface area contributed by atoms with E-state index in [-0.39, 0.29) is 5.41 Å². The lowest BCUT2D eigenvalue weighted by Crippen LogP contribution is -2.25. The van der Waals surface area contributed by atoms with E-state index in [1.165, 1.54) is 5.57 Å². The zero-order valence-electron chi connectivity index (χ0n) is 8.83. The molecule has 2 aliphatic carbocycles. The predicted octanol–water partition coefficient (Wildman–Crippen LogP) is 3.81. The Morgan fingerprint density at radius 1 is 1.29 bits per heavy atom. The van der Waals surface area contributed by atoms with Crippen molar-refractivity contribution in [3.8, 4) is 0 Å². The fraction of sp³-hybridized carbons (Fsp3) is 0.286. The van der Waals surface area contributed by atoms with Crippen molar-refractivity contribution in [2.24, 2.45) is 11.3 Å². The second-order valence-corrected chi connectivity index (χ2v) is 4.28. The van der Waals surface area contributed by atoms with Crippen LogP contribution in [0.15, 0.2) is 60.3 Å². The van der Waals surface area contributed by atoms with Gasteiger partial charge >= 0.3 is 0 Å². The van der Waals surface area contributed by atoms with Crippen LogP contribution in [-0.4, -0.2) is 0 Å². The van der Waals surface area contributed by atoms with Crippen molar-refractivity contribution in [1.29, 1.82) is 0 Å². The second-order valence-electron chi connectivity index (χ2n) is 4.28. The lowest BCUT2D eigenvalue weighted by molar-refractivity contribution is 0.399. The molecule has 0 N–H and O–H groups in total. The first kappa shape index (κ1) is 9.26. The van der Waals surface area contributed by atoms with E-state index in [0.29, 0.717) is 5.92 Å². The molecule has 0 aromatic heterocycles. The molecule has 0 saturated heterocycles. The third kappa shape index (κ3) is 1.22. The molecule has 0 nitrogen and oxygen atoms in total. The summed E-state index contributed by atoms with van der Waals surface area (Å²) in [5.74, 6) is 0.537. The summed E-state index contributed by atoms with van der Waals surface area (Å²) in [5.41, 5.74) is 2.62. The molecule has 0 heterocycles. The molecule has 0 bridgehead atoms. The van der Waals surface area contributed by atoms with Crippen LogP contribution in [0.1, 0.15) is 13.8 Å². The van der Waals surface area contributed by atoms with Crippen molar-refractivity contribution in [1.82, 2.24) is 0 Å². The average molecular weight is 184 g/mol. The van der Waals surface area contributed by atoms with Gasteiger partial charge in [-0.3, -0.25) is 0 Å². The number of hydrogen-bond acceptors (Lipinski definition) is 0. The highest BCUT2D eigenvalue weighted by atomic mass is 14.4. The highest BCUT2D eigenvalue weighted by Gasteiger charge is 2.33. The summed E-state index contributed by atoms with van der Waals surface area (Å²) in [6, 6.07) is 0. The molecule has 0 aliphatic heterocycles. The SMILES string of the molecule is C=C1C=CC=C1C1(C)C=CC=CC1C. The van der Waals surface area contributed by atoms with Crippen molar-refractivity contribution in [3.05, 3.63) is 60.3 Å². The number of allylic oxidation sites excluding steroid dienone is 9. The van der Waals surface area contributed by atoms with Gasteiger partial charge in [0, 0.05) is 5.41 Å². The highest BCUT2D eigenvalue weighted by Crippen LogP contribution is 2.44. The van der Waals surface area contributed by atoms with E-state index in [1.54, 1.807) is 0 Å². The highest BCUT2D eigenvalue weighted by molar-refractivity contribution is 5.53. The molecule has 0 heteroatoms. The Bertz CT molecular complexity index is 377. The van der Waals surface area contributed by atoms with Crippen LogP contribution in [0.2, 0.25) is 0 Å². The van der Waals surface area contributed by atoms with E-state index in [1.807, 2.05) is 0 Å². The molecule has 2 atom stereocenters. The lowest BCUT2D eigenvalue weighted by Gasteiger charge is -2.35. The Labute approximate surface area is 86.0 Å². The summed E-state index contributed by atoms with van der Waals surface area (Å²) < 4.78 is 0. The molecule has 2 aliphatic rings. The molecule has 0 aromatic carbocycles. The second kappa shape index (κ2) is 3.13. The third-order valence-corrected chi connectivity index (χ3v) is 3.39. The zero-order valence-corrected chi connectivity index (χ0v) is 8.83. The summed E-state index contributed by atoms with van der Waals surface area (Å²) in [4.78, 5) is 0. The maximum atomic E-state index is 4.08. The van der Waals surface area contributed by atoms with Crippen molar-refractivity contribution < 1.29 is 0 Å². The van der Waals surface area contributed by atoms with Gasteiger partial charge in [-0.25, -0.2) is 0 Å². The summed E-state index contributed by atoms with van der Waals surface area (Å²) in [6.07, 6.45) is 15.1. The van der Waals surface area contributed by atoms with Crippen LogP contribution in [0, 0.1) is 11.3 Å². The van der Waals surface area contributed by atoms with Crippen LogP contribution >= 0.6 is 0 Å². The normalized spacial score (nSPS) is 35.1. The van der Waals surface area contributed by atoms with Crippen molar-refractivity contribution in [3.63, 3.8) is 0 Å². The van der Waals surface area contributed by atoms with E-state index in [9.17, 15) is 0 Å². The Morgan fingerprint density at radius 2 is 2.07 bits per heavy atom. The first-order valence-corrected chi connectivity index (χ1v) is 5.09. The molecular weight excluding hydrogens is 168 g/mol. The predicted molar refractivity (Wildman–Crippen MR) is 61.9 cm³/mol. The van der Waals surface area contributed by atoms with Gasteiger partial charge in [-0.2, -0.15) is 0 Å². The van der Waals surface area contributed by atoms with E-state index in [0.717, 1.165) is 5.57 Å². The summed E-state index contributed by atoms with van der Waals surface area (Å²) >= 11 is 0. The Morgan fingerprint density at radius 3 is 2.64 bits per heavy atom. The van der Waals surface area contributed by atoms with Crippen molar-refractivity contribution in [2.75, 3.05) is 0 Å². The lowest BCUT2D eigenvalue weighted by atomic mass is 9.69. The van der Waals surface area contributed by atoms with Crippen LogP contribution in [-0.2, 0) is 0 Å². The minimum Gasteiger partial charge on any atom is -0.0915 e. The van der Waals surface area contributed by atoms with Gasteiger partial charge in [0.25, 0.3) is 0 Å². The molecule has 0 saturated carbocycles. The molecule has 0 fully saturated rings. The maximum Gasteiger partial charge on any atom is 0.0172 e. The third-order valence-electron chi connectivity index (χ3n) is 3.39. The topological polar surface area (TPSA) is 0 Å². The molecule has 0 spiro atoms. The Kier molecular flexibility index (Phi) is 2.07. The van der Waals surface area contributed by atoms with Gasteiger partial charge in [-0.1, -0.05) is 63.0 Å². The quantitative estimate of drug-likeness (QED) is 0.581. The molecule has 0 radical (unpaired) electrons. The van der Waals surface area contributed by atoms with Crippen LogP contribution in [0.5, 0.6) is 0 Å². The summed E-state index contributed by atoms with van der Waals surface area (Å²) in [7, 11) is 0. The number of rotatable bonds is 1. The van der Waals surface area contributed by atoms with Gasteiger partial charge < -0.3 is 0 Å². The molecular formula is C14H16. The van der Waals surface area contributed by atoms with Gasteiger partial charge in [0.1, 0.15) is 0 Å². The largest absolute Gasteiger partial charge is 0.0915 e. The van der Waals surface area contributed by atoms with Gasteiger partial charge in [-0.15, -0.1) is 0 Å². The maximum absolute atomic E-state index is 4.08. The molecule has 72 valence electrons. The van der Waals surface area contributed by atoms with E-state index in [2.05, 4.69) is 63.0 Å². The molecule has 2 unspecified atom stereocenters. The molecule has 0 amide bonds. The summed E-state index contributed by atoms with van der Waals surface area (Å²) in [6.45, 7) is 8.61. The molecule has 14 heavy (non-hydrogen) atoms. The molecule has 2 rings (SSSR count). The van der Waals surface area contributed by atoms with E-state index in [4.69, 9.17) is 0 Å². The minimum absolute atomic E-state index is 0.120. The van der Waals surface area contributed by atoms with Crippen LogP contribution < -0.4 is 0 Å². The molecule has 0 aromatic rings. The van der Waals surface area contributed by atoms with Gasteiger partial charge in [0.2, 0.25) is 0 Å². The van der Waals surface area contributed by atoms with Crippen molar-refractivity contribution in [2.45, 2.75) is 13.8 Å².